The van der Waals surface area contributed by atoms with E-state index in [0.29, 0.717) is 18.7 Å². The van der Waals surface area contributed by atoms with Crippen LogP contribution in [0.3, 0.4) is 0 Å². The standard InChI is InChI=1S/C19H20N4O3/c24-18(13-23-17-8-4-2-6-15(17)21-19(23)25)20-14-5-1-3-7-16(14)22-9-11-26-12-10-22/h1-8H,9-13H2,(H,20,24)(H,21,25). The van der Waals surface area contributed by atoms with Crippen molar-refractivity contribution in [3.8, 4) is 0 Å². The fourth-order valence-corrected chi connectivity index (χ4v) is 3.26. The zero-order chi connectivity index (χ0) is 17.9. The van der Waals surface area contributed by atoms with E-state index in [1.165, 1.54) is 4.57 Å². The summed E-state index contributed by atoms with van der Waals surface area (Å²) in [5.74, 6) is -0.238. The van der Waals surface area contributed by atoms with Crippen LogP contribution in [0.2, 0.25) is 0 Å². The second-order valence-corrected chi connectivity index (χ2v) is 6.20. The molecule has 0 atom stereocenters. The number of amides is 1. The lowest BCUT2D eigenvalue weighted by Crippen LogP contribution is -2.37. The molecule has 1 amide bonds. The maximum Gasteiger partial charge on any atom is 0.326 e. The fourth-order valence-electron chi connectivity index (χ4n) is 3.26. The number of carbonyl (C=O) groups is 1. The molecule has 1 fully saturated rings. The van der Waals surface area contributed by atoms with Gasteiger partial charge in [-0.25, -0.2) is 4.79 Å². The first-order valence-corrected chi connectivity index (χ1v) is 8.61. The van der Waals surface area contributed by atoms with Gasteiger partial charge in [0.25, 0.3) is 0 Å². The van der Waals surface area contributed by atoms with Crippen LogP contribution in [-0.4, -0.2) is 41.8 Å². The van der Waals surface area contributed by atoms with E-state index < -0.39 is 0 Å². The molecule has 1 aliphatic rings. The molecule has 2 N–H and O–H groups in total. The lowest BCUT2D eigenvalue weighted by Gasteiger charge is -2.30. The highest BCUT2D eigenvalue weighted by Gasteiger charge is 2.16. The number of rotatable bonds is 4. The van der Waals surface area contributed by atoms with Crippen LogP contribution in [0, 0.1) is 0 Å². The Balaban J connectivity index is 1.55. The van der Waals surface area contributed by atoms with Gasteiger partial charge in [-0.15, -0.1) is 0 Å². The minimum absolute atomic E-state index is 0.0414. The Kier molecular flexibility index (Phi) is 4.45. The van der Waals surface area contributed by atoms with Crippen LogP contribution in [-0.2, 0) is 16.1 Å². The first-order chi connectivity index (χ1) is 12.7. The van der Waals surface area contributed by atoms with Gasteiger partial charge in [0.1, 0.15) is 6.54 Å². The number of fused-ring (bicyclic) bond motifs is 1. The van der Waals surface area contributed by atoms with Crippen molar-refractivity contribution >= 4 is 28.3 Å². The molecule has 0 saturated carbocycles. The van der Waals surface area contributed by atoms with Gasteiger partial charge in [0.15, 0.2) is 0 Å². The molecule has 7 nitrogen and oxygen atoms in total. The summed E-state index contributed by atoms with van der Waals surface area (Å²) < 4.78 is 6.84. The molecule has 7 heteroatoms. The Labute approximate surface area is 150 Å². The van der Waals surface area contributed by atoms with Gasteiger partial charge in [-0.1, -0.05) is 24.3 Å². The van der Waals surface area contributed by atoms with E-state index in [1.54, 1.807) is 0 Å². The molecule has 3 aromatic rings. The van der Waals surface area contributed by atoms with Gasteiger partial charge in [0, 0.05) is 13.1 Å². The Bertz CT molecular complexity index is 986. The zero-order valence-electron chi connectivity index (χ0n) is 14.3. The highest BCUT2D eigenvalue weighted by Crippen LogP contribution is 2.26. The smallest absolute Gasteiger partial charge is 0.326 e. The second kappa shape index (κ2) is 7.05. The number of H-pyrrole nitrogens is 1. The molecule has 0 bridgehead atoms. The van der Waals surface area contributed by atoms with Gasteiger partial charge in [-0.3, -0.25) is 9.36 Å². The number of aromatic nitrogens is 2. The molecule has 4 rings (SSSR count). The van der Waals surface area contributed by atoms with Crippen molar-refractivity contribution in [2.75, 3.05) is 36.5 Å². The van der Waals surface area contributed by atoms with E-state index in [-0.39, 0.29) is 18.1 Å². The number of hydrogen-bond donors (Lipinski definition) is 2. The molecule has 0 unspecified atom stereocenters. The van der Waals surface area contributed by atoms with Crippen molar-refractivity contribution in [3.05, 3.63) is 59.0 Å². The normalized spacial score (nSPS) is 14.5. The van der Waals surface area contributed by atoms with Crippen LogP contribution in [0.1, 0.15) is 0 Å². The third kappa shape index (κ3) is 3.21. The van der Waals surface area contributed by atoms with Crippen molar-refractivity contribution in [3.63, 3.8) is 0 Å². The molecular formula is C19H20N4O3. The summed E-state index contributed by atoms with van der Waals surface area (Å²) in [4.78, 5) is 29.7. The Hall–Kier alpha value is -3.06. The van der Waals surface area contributed by atoms with E-state index in [9.17, 15) is 9.59 Å². The van der Waals surface area contributed by atoms with E-state index >= 15 is 0 Å². The van der Waals surface area contributed by atoms with Crippen molar-refractivity contribution < 1.29 is 9.53 Å². The van der Waals surface area contributed by atoms with Crippen molar-refractivity contribution in [2.45, 2.75) is 6.54 Å². The number of carbonyl (C=O) groups excluding carboxylic acids is 1. The summed E-state index contributed by atoms with van der Waals surface area (Å²) in [5, 5.41) is 2.94. The highest BCUT2D eigenvalue weighted by molar-refractivity contribution is 5.95. The molecule has 0 radical (unpaired) electrons. The summed E-state index contributed by atoms with van der Waals surface area (Å²) in [6.45, 7) is 2.88. The second-order valence-electron chi connectivity index (χ2n) is 6.20. The first-order valence-electron chi connectivity index (χ1n) is 8.61. The number of aromatic amines is 1. The topological polar surface area (TPSA) is 79.4 Å². The predicted molar refractivity (Wildman–Crippen MR) is 101 cm³/mol. The van der Waals surface area contributed by atoms with Gasteiger partial charge in [-0.05, 0) is 24.3 Å². The van der Waals surface area contributed by atoms with Gasteiger partial charge in [0.2, 0.25) is 5.91 Å². The van der Waals surface area contributed by atoms with Crippen molar-refractivity contribution in [1.29, 1.82) is 0 Å². The number of ether oxygens (including phenoxy) is 1. The van der Waals surface area contributed by atoms with Crippen LogP contribution in [0.15, 0.2) is 53.3 Å². The molecule has 26 heavy (non-hydrogen) atoms. The Morgan fingerprint density at radius 2 is 1.81 bits per heavy atom. The zero-order valence-corrected chi connectivity index (χ0v) is 14.3. The lowest BCUT2D eigenvalue weighted by atomic mass is 10.2. The Morgan fingerprint density at radius 3 is 2.65 bits per heavy atom. The van der Waals surface area contributed by atoms with Gasteiger partial charge < -0.3 is 19.9 Å². The number of imidazole rings is 1. The molecule has 134 valence electrons. The van der Waals surface area contributed by atoms with Gasteiger partial charge >= 0.3 is 5.69 Å². The van der Waals surface area contributed by atoms with E-state index in [2.05, 4.69) is 15.2 Å². The van der Waals surface area contributed by atoms with Crippen molar-refractivity contribution in [2.24, 2.45) is 0 Å². The predicted octanol–water partition coefficient (Wildman–Crippen LogP) is 1.80. The lowest BCUT2D eigenvalue weighted by molar-refractivity contribution is -0.116. The number of morpholine rings is 1. The van der Waals surface area contributed by atoms with E-state index in [4.69, 9.17) is 4.74 Å². The molecule has 1 aromatic heterocycles. The number of para-hydroxylation sites is 4. The number of hydrogen-bond acceptors (Lipinski definition) is 4. The summed E-state index contributed by atoms with van der Waals surface area (Å²) >= 11 is 0. The number of nitrogens with zero attached hydrogens (tertiary/aromatic N) is 2. The molecule has 2 aromatic carbocycles. The SMILES string of the molecule is O=C(Cn1c(=O)[nH]c2ccccc21)Nc1ccccc1N1CCOCC1. The van der Waals surface area contributed by atoms with E-state index in [1.807, 2.05) is 48.5 Å². The monoisotopic (exact) mass is 352 g/mol. The molecule has 2 heterocycles. The average molecular weight is 352 g/mol. The summed E-state index contributed by atoms with van der Waals surface area (Å²) in [6.07, 6.45) is 0. The van der Waals surface area contributed by atoms with Crippen LogP contribution in [0.4, 0.5) is 11.4 Å². The van der Waals surface area contributed by atoms with Crippen LogP contribution in [0.25, 0.3) is 11.0 Å². The summed E-state index contributed by atoms with van der Waals surface area (Å²) in [6, 6.07) is 15.0. The third-order valence-electron chi connectivity index (χ3n) is 4.51. The quantitative estimate of drug-likeness (QED) is 0.750. The summed E-state index contributed by atoms with van der Waals surface area (Å²) in [5.41, 5.74) is 2.86. The maximum absolute atomic E-state index is 12.6. The Morgan fingerprint density at radius 1 is 1.08 bits per heavy atom. The van der Waals surface area contributed by atoms with Crippen LogP contribution in [0.5, 0.6) is 0 Å². The third-order valence-corrected chi connectivity index (χ3v) is 4.51. The van der Waals surface area contributed by atoms with Gasteiger partial charge in [0.05, 0.1) is 35.6 Å². The maximum atomic E-state index is 12.6. The molecule has 0 spiro atoms. The number of anilines is 2. The number of nitrogens with one attached hydrogen (secondary N) is 2. The van der Waals surface area contributed by atoms with Crippen LogP contribution >= 0.6 is 0 Å². The molecule has 0 aliphatic carbocycles. The van der Waals surface area contributed by atoms with Crippen LogP contribution < -0.4 is 15.9 Å². The molecule has 1 aliphatic heterocycles. The minimum atomic E-state index is -0.289. The summed E-state index contributed by atoms with van der Waals surface area (Å²) in [7, 11) is 0. The first kappa shape index (κ1) is 16.4. The number of benzene rings is 2. The van der Waals surface area contributed by atoms with E-state index in [0.717, 1.165) is 30.0 Å². The fraction of sp³-hybridized carbons (Fsp3) is 0.263. The van der Waals surface area contributed by atoms with Crippen molar-refractivity contribution in [1.82, 2.24) is 9.55 Å². The minimum Gasteiger partial charge on any atom is -0.378 e. The molecular weight excluding hydrogens is 332 g/mol. The largest absolute Gasteiger partial charge is 0.378 e. The highest BCUT2D eigenvalue weighted by atomic mass is 16.5. The van der Waals surface area contributed by atoms with Gasteiger partial charge in [-0.2, -0.15) is 0 Å². The molecule has 1 saturated heterocycles. The average Bonchev–Trinajstić information content (AvgIpc) is 2.98.